The Hall–Kier alpha value is -1.16. The van der Waals surface area contributed by atoms with E-state index < -0.39 is 0 Å². The van der Waals surface area contributed by atoms with Gasteiger partial charge in [-0.15, -0.1) is 0 Å². The third kappa shape index (κ3) is 3.45. The molecule has 1 unspecified atom stereocenters. The molecular weight excluding hydrogens is 202 g/mol. The smallest absolute Gasteiger partial charge is 0.142 e. The summed E-state index contributed by atoms with van der Waals surface area (Å²) < 4.78 is 1.88. The molecule has 0 saturated carbocycles. The van der Waals surface area contributed by atoms with E-state index in [-0.39, 0.29) is 11.7 Å². The van der Waals surface area contributed by atoms with Crippen LogP contribution in [0.5, 0.6) is 0 Å². The van der Waals surface area contributed by atoms with Crippen LogP contribution in [0.15, 0.2) is 12.3 Å². The van der Waals surface area contributed by atoms with Crippen LogP contribution in [-0.2, 0) is 11.2 Å². The van der Waals surface area contributed by atoms with Crippen LogP contribution in [0.1, 0.15) is 32.5 Å². The number of rotatable bonds is 6. The van der Waals surface area contributed by atoms with Gasteiger partial charge in [-0.05, 0) is 27.0 Å². The van der Waals surface area contributed by atoms with Crippen molar-refractivity contribution in [3.63, 3.8) is 0 Å². The molecule has 1 heterocycles. The lowest BCUT2D eigenvalue weighted by atomic mass is 10.0. The van der Waals surface area contributed by atoms with Crippen LogP contribution in [0.3, 0.4) is 0 Å². The molecule has 0 aromatic carbocycles. The van der Waals surface area contributed by atoms with Crippen LogP contribution >= 0.6 is 0 Å². The van der Waals surface area contributed by atoms with Gasteiger partial charge >= 0.3 is 0 Å². The maximum absolute atomic E-state index is 11.8. The van der Waals surface area contributed by atoms with Crippen LogP contribution in [0.2, 0.25) is 0 Å². The molecule has 0 aliphatic carbocycles. The monoisotopic (exact) mass is 223 g/mol. The van der Waals surface area contributed by atoms with E-state index in [0.717, 1.165) is 12.2 Å². The molecule has 0 bridgehead atoms. The Bertz CT molecular complexity index is 344. The molecule has 0 radical (unpaired) electrons. The molecule has 90 valence electrons. The second kappa shape index (κ2) is 5.80. The number of nitrogens with one attached hydrogen (secondary N) is 1. The number of hydrogen-bond donors (Lipinski definition) is 1. The Balaban J connectivity index is 2.56. The first-order valence-corrected chi connectivity index (χ1v) is 5.76. The predicted molar refractivity (Wildman–Crippen MR) is 64.4 cm³/mol. The molecule has 1 atom stereocenters. The number of nitrogens with zero attached hydrogens (tertiary/aromatic N) is 2. The van der Waals surface area contributed by atoms with Crippen LogP contribution in [0.4, 0.5) is 0 Å². The lowest BCUT2D eigenvalue weighted by molar-refractivity contribution is -0.121. The summed E-state index contributed by atoms with van der Waals surface area (Å²) in [5.74, 6) is 0.289. The molecule has 0 amide bonds. The standard InChI is InChI=1S/C12H21N3O/c1-9(2)15-6-5-11(14-15)7-12(16)10(3)8-13-4/h5-6,9-10,13H,7-8H2,1-4H3. The molecule has 0 aliphatic heterocycles. The highest BCUT2D eigenvalue weighted by Gasteiger charge is 2.14. The summed E-state index contributed by atoms with van der Waals surface area (Å²) in [5.41, 5.74) is 0.863. The van der Waals surface area contributed by atoms with Gasteiger partial charge in [0.2, 0.25) is 0 Å². The Kier molecular flexibility index (Phi) is 4.68. The molecule has 0 spiro atoms. The molecule has 0 fully saturated rings. The zero-order chi connectivity index (χ0) is 12.1. The lowest BCUT2D eigenvalue weighted by Crippen LogP contribution is -2.25. The molecular formula is C12H21N3O. The first-order valence-electron chi connectivity index (χ1n) is 5.76. The van der Waals surface area contributed by atoms with Crippen LogP contribution in [0.25, 0.3) is 0 Å². The van der Waals surface area contributed by atoms with E-state index in [1.807, 2.05) is 30.9 Å². The summed E-state index contributed by atoms with van der Waals surface area (Å²) in [7, 11) is 1.86. The van der Waals surface area contributed by atoms with Crippen molar-refractivity contribution >= 4 is 5.78 Å². The van der Waals surface area contributed by atoms with E-state index in [4.69, 9.17) is 0 Å². The van der Waals surface area contributed by atoms with Gasteiger partial charge in [0.25, 0.3) is 0 Å². The van der Waals surface area contributed by atoms with Gasteiger partial charge < -0.3 is 5.32 Å². The molecule has 1 aromatic heterocycles. The Morgan fingerprint density at radius 3 is 2.69 bits per heavy atom. The van der Waals surface area contributed by atoms with Gasteiger partial charge in [0.1, 0.15) is 5.78 Å². The van der Waals surface area contributed by atoms with Gasteiger partial charge in [-0.3, -0.25) is 9.48 Å². The van der Waals surface area contributed by atoms with Crippen LogP contribution in [0, 0.1) is 5.92 Å². The fourth-order valence-corrected chi connectivity index (χ4v) is 1.53. The summed E-state index contributed by atoms with van der Waals surface area (Å²) in [6, 6.07) is 2.27. The average molecular weight is 223 g/mol. The largest absolute Gasteiger partial charge is 0.319 e. The molecule has 16 heavy (non-hydrogen) atoms. The quantitative estimate of drug-likeness (QED) is 0.793. The van der Waals surface area contributed by atoms with Gasteiger partial charge in [0.05, 0.1) is 12.1 Å². The second-order valence-corrected chi connectivity index (χ2v) is 4.48. The number of aromatic nitrogens is 2. The molecule has 4 heteroatoms. The van der Waals surface area contributed by atoms with Gasteiger partial charge in [-0.25, -0.2) is 0 Å². The Morgan fingerprint density at radius 2 is 2.19 bits per heavy atom. The summed E-state index contributed by atoms with van der Waals surface area (Å²) in [6.45, 7) is 6.81. The van der Waals surface area contributed by atoms with Crippen molar-refractivity contribution < 1.29 is 4.79 Å². The van der Waals surface area contributed by atoms with E-state index in [0.29, 0.717) is 12.5 Å². The highest BCUT2D eigenvalue weighted by molar-refractivity contribution is 5.82. The zero-order valence-corrected chi connectivity index (χ0v) is 10.5. The van der Waals surface area contributed by atoms with Gasteiger partial charge in [-0.1, -0.05) is 6.92 Å². The van der Waals surface area contributed by atoms with E-state index in [1.54, 1.807) is 0 Å². The maximum Gasteiger partial charge on any atom is 0.142 e. The maximum atomic E-state index is 11.8. The normalized spacial score (nSPS) is 13.1. The van der Waals surface area contributed by atoms with Crippen LogP contribution in [-0.4, -0.2) is 29.2 Å². The Labute approximate surface area is 97.0 Å². The van der Waals surface area contributed by atoms with Crippen LogP contribution < -0.4 is 5.32 Å². The van der Waals surface area contributed by atoms with Gasteiger partial charge in [0, 0.05) is 24.7 Å². The number of hydrogen-bond acceptors (Lipinski definition) is 3. The number of Topliss-reactive ketones (excluding diaryl/α,β-unsaturated/α-hetero) is 1. The molecule has 1 rings (SSSR count). The van der Waals surface area contributed by atoms with Crippen molar-refractivity contribution in [3.8, 4) is 0 Å². The summed E-state index contributed by atoms with van der Waals surface area (Å²) in [5, 5.41) is 7.38. The molecule has 4 nitrogen and oxygen atoms in total. The van der Waals surface area contributed by atoms with Crippen molar-refractivity contribution in [1.82, 2.24) is 15.1 Å². The SMILES string of the molecule is CNCC(C)C(=O)Cc1ccn(C(C)C)n1. The molecule has 1 N–H and O–H groups in total. The molecule has 0 saturated heterocycles. The van der Waals surface area contributed by atoms with Gasteiger partial charge in [0.15, 0.2) is 0 Å². The fraction of sp³-hybridized carbons (Fsp3) is 0.667. The summed E-state index contributed by atoms with van der Waals surface area (Å²) in [4.78, 5) is 11.8. The van der Waals surface area contributed by atoms with Gasteiger partial charge in [-0.2, -0.15) is 5.10 Å². The van der Waals surface area contributed by atoms with Crippen molar-refractivity contribution in [2.24, 2.45) is 5.92 Å². The van der Waals surface area contributed by atoms with Crippen molar-refractivity contribution in [3.05, 3.63) is 18.0 Å². The van der Waals surface area contributed by atoms with E-state index in [2.05, 4.69) is 24.3 Å². The number of ketones is 1. The highest BCUT2D eigenvalue weighted by Crippen LogP contribution is 2.07. The minimum Gasteiger partial charge on any atom is -0.319 e. The highest BCUT2D eigenvalue weighted by atomic mass is 16.1. The third-order valence-electron chi connectivity index (χ3n) is 2.61. The fourth-order valence-electron chi connectivity index (χ4n) is 1.53. The third-order valence-corrected chi connectivity index (χ3v) is 2.61. The summed E-state index contributed by atoms with van der Waals surface area (Å²) >= 11 is 0. The number of carbonyl (C=O) groups excluding carboxylic acids is 1. The second-order valence-electron chi connectivity index (χ2n) is 4.48. The Morgan fingerprint density at radius 1 is 1.50 bits per heavy atom. The molecule has 0 aliphatic rings. The van der Waals surface area contributed by atoms with Crippen molar-refractivity contribution in [2.75, 3.05) is 13.6 Å². The van der Waals surface area contributed by atoms with E-state index in [1.165, 1.54) is 0 Å². The minimum atomic E-state index is 0.0502. The van der Waals surface area contributed by atoms with Crippen molar-refractivity contribution in [2.45, 2.75) is 33.2 Å². The lowest BCUT2D eigenvalue weighted by Gasteiger charge is -2.08. The predicted octanol–water partition coefficient (Wildman–Crippen LogP) is 1.43. The first-order chi connectivity index (χ1) is 7.54. The summed E-state index contributed by atoms with van der Waals surface area (Å²) in [6.07, 6.45) is 2.36. The topological polar surface area (TPSA) is 46.9 Å². The van der Waals surface area contributed by atoms with E-state index in [9.17, 15) is 4.79 Å². The minimum absolute atomic E-state index is 0.0502. The zero-order valence-electron chi connectivity index (χ0n) is 10.5. The number of carbonyl (C=O) groups is 1. The average Bonchev–Trinajstić information content (AvgIpc) is 2.66. The van der Waals surface area contributed by atoms with Crippen molar-refractivity contribution in [1.29, 1.82) is 0 Å². The van der Waals surface area contributed by atoms with E-state index >= 15 is 0 Å². The first kappa shape index (κ1) is 12.9. The molecule has 1 aromatic rings.